The van der Waals surface area contributed by atoms with Crippen LogP contribution in [0.1, 0.15) is 25.5 Å². The number of tetrazole rings is 1. The van der Waals surface area contributed by atoms with Gasteiger partial charge in [0.05, 0.1) is 4.92 Å². The summed E-state index contributed by atoms with van der Waals surface area (Å²) in [6, 6.07) is 12.1. The van der Waals surface area contributed by atoms with E-state index in [-0.39, 0.29) is 17.7 Å². The minimum atomic E-state index is -0.713. The SMILES string of the molecule is O=C(Nc1ccc(-c2nnn(C3CCCCO3)n2)cc1)Oc1ccc([N+](=O)[O-])cc1. The maximum Gasteiger partial charge on any atom is 0.417 e. The van der Waals surface area contributed by atoms with Crippen molar-refractivity contribution in [3.8, 4) is 17.1 Å². The summed E-state index contributed by atoms with van der Waals surface area (Å²) in [5, 5.41) is 25.8. The number of hydrogen-bond acceptors (Lipinski definition) is 8. The van der Waals surface area contributed by atoms with Crippen LogP contribution in [0.2, 0.25) is 0 Å². The lowest BCUT2D eigenvalue weighted by Crippen LogP contribution is -2.20. The van der Waals surface area contributed by atoms with Gasteiger partial charge in [0.2, 0.25) is 5.82 Å². The van der Waals surface area contributed by atoms with Crippen LogP contribution in [0.5, 0.6) is 5.75 Å². The van der Waals surface area contributed by atoms with E-state index in [0.717, 1.165) is 24.8 Å². The Bertz CT molecular complexity index is 1030. The monoisotopic (exact) mass is 410 g/mol. The molecule has 0 bridgehead atoms. The van der Waals surface area contributed by atoms with Gasteiger partial charge in [0.15, 0.2) is 6.23 Å². The molecule has 11 heteroatoms. The van der Waals surface area contributed by atoms with E-state index in [1.54, 1.807) is 24.3 Å². The van der Waals surface area contributed by atoms with Crippen LogP contribution in [0.4, 0.5) is 16.2 Å². The topological polar surface area (TPSA) is 134 Å². The zero-order valence-corrected chi connectivity index (χ0v) is 15.8. The molecule has 1 aliphatic rings. The number of ether oxygens (including phenoxy) is 2. The Labute approximate surface area is 170 Å². The molecule has 0 radical (unpaired) electrons. The first kappa shape index (κ1) is 19.5. The molecule has 1 aliphatic heterocycles. The molecule has 4 rings (SSSR count). The number of aromatic nitrogens is 4. The molecular weight excluding hydrogens is 392 g/mol. The van der Waals surface area contributed by atoms with Gasteiger partial charge in [-0.1, -0.05) is 0 Å². The molecule has 2 aromatic carbocycles. The molecule has 0 spiro atoms. The van der Waals surface area contributed by atoms with Crippen molar-refractivity contribution in [1.29, 1.82) is 0 Å². The van der Waals surface area contributed by atoms with E-state index >= 15 is 0 Å². The minimum Gasteiger partial charge on any atom is -0.410 e. The predicted octanol–water partition coefficient (Wildman–Crippen LogP) is 3.56. The third kappa shape index (κ3) is 4.58. The summed E-state index contributed by atoms with van der Waals surface area (Å²) >= 11 is 0. The summed E-state index contributed by atoms with van der Waals surface area (Å²) in [6.07, 6.45) is 2.07. The number of nitro groups is 1. The number of amides is 1. The average Bonchev–Trinajstić information content (AvgIpc) is 3.25. The Morgan fingerprint density at radius 2 is 1.93 bits per heavy atom. The first-order valence-corrected chi connectivity index (χ1v) is 9.33. The van der Waals surface area contributed by atoms with Crippen molar-refractivity contribution in [3.63, 3.8) is 0 Å². The lowest BCUT2D eigenvalue weighted by Gasteiger charge is -2.20. The van der Waals surface area contributed by atoms with Gasteiger partial charge < -0.3 is 9.47 Å². The minimum absolute atomic E-state index is 0.0843. The molecular formula is C19H18N6O5. The molecule has 0 saturated carbocycles. The van der Waals surface area contributed by atoms with Gasteiger partial charge in [-0.3, -0.25) is 15.4 Å². The van der Waals surface area contributed by atoms with E-state index in [2.05, 4.69) is 20.7 Å². The lowest BCUT2D eigenvalue weighted by atomic mass is 10.2. The molecule has 1 amide bonds. The summed E-state index contributed by atoms with van der Waals surface area (Å²) in [4.78, 5) is 23.6. The quantitative estimate of drug-likeness (QED) is 0.498. The largest absolute Gasteiger partial charge is 0.417 e. The second-order valence-corrected chi connectivity index (χ2v) is 6.60. The number of anilines is 1. The zero-order valence-electron chi connectivity index (χ0n) is 15.8. The molecule has 1 N–H and O–H groups in total. The first-order valence-electron chi connectivity index (χ1n) is 9.33. The Kier molecular flexibility index (Phi) is 5.61. The average molecular weight is 410 g/mol. The van der Waals surface area contributed by atoms with Crippen LogP contribution in [0, 0.1) is 10.1 Å². The van der Waals surface area contributed by atoms with Crippen LogP contribution in [0.3, 0.4) is 0 Å². The molecule has 0 aliphatic carbocycles. The molecule has 30 heavy (non-hydrogen) atoms. The zero-order chi connectivity index (χ0) is 20.9. The molecule has 1 aromatic heterocycles. The Morgan fingerprint density at radius 3 is 2.60 bits per heavy atom. The van der Waals surface area contributed by atoms with Gasteiger partial charge in [0, 0.05) is 30.0 Å². The van der Waals surface area contributed by atoms with Gasteiger partial charge in [0.25, 0.3) is 5.69 Å². The number of nitrogens with one attached hydrogen (secondary N) is 1. The van der Waals surface area contributed by atoms with Crippen molar-refractivity contribution in [3.05, 3.63) is 58.6 Å². The molecule has 3 aromatic rings. The fourth-order valence-corrected chi connectivity index (χ4v) is 2.96. The highest BCUT2D eigenvalue weighted by atomic mass is 16.6. The summed E-state index contributed by atoms with van der Waals surface area (Å²) in [5.74, 6) is 0.657. The van der Waals surface area contributed by atoms with Crippen molar-refractivity contribution in [1.82, 2.24) is 20.2 Å². The van der Waals surface area contributed by atoms with Crippen molar-refractivity contribution in [2.24, 2.45) is 0 Å². The second kappa shape index (κ2) is 8.66. The highest BCUT2D eigenvalue weighted by Crippen LogP contribution is 2.23. The van der Waals surface area contributed by atoms with E-state index in [9.17, 15) is 14.9 Å². The van der Waals surface area contributed by atoms with Crippen molar-refractivity contribution < 1.29 is 19.2 Å². The van der Waals surface area contributed by atoms with Crippen LogP contribution in [-0.2, 0) is 4.74 Å². The van der Waals surface area contributed by atoms with Crippen LogP contribution >= 0.6 is 0 Å². The molecule has 154 valence electrons. The van der Waals surface area contributed by atoms with Gasteiger partial charge in [-0.25, -0.2) is 4.79 Å². The number of benzene rings is 2. The van der Waals surface area contributed by atoms with Gasteiger partial charge in [0.1, 0.15) is 5.75 Å². The molecule has 1 fully saturated rings. The number of non-ortho nitro benzene ring substituents is 1. The summed E-state index contributed by atoms with van der Waals surface area (Å²) < 4.78 is 10.8. The summed E-state index contributed by atoms with van der Waals surface area (Å²) in [6.45, 7) is 0.692. The number of carbonyl (C=O) groups is 1. The van der Waals surface area contributed by atoms with Crippen molar-refractivity contribution >= 4 is 17.5 Å². The fraction of sp³-hybridized carbons (Fsp3) is 0.263. The van der Waals surface area contributed by atoms with Crippen LogP contribution in [-0.4, -0.2) is 37.8 Å². The number of rotatable bonds is 5. The predicted molar refractivity (Wildman–Crippen MR) is 105 cm³/mol. The van der Waals surface area contributed by atoms with Gasteiger partial charge in [-0.05, 0) is 60.9 Å². The molecule has 11 nitrogen and oxygen atoms in total. The third-order valence-corrected chi connectivity index (χ3v) is 4.49. The normalized spacial score (nSPS) is 16.1. The number of nitrogens with zero attached hydrogens (tertiary/aromatic N) is 5. The summed E-state index contributed by atoms with van der Waals surface area (Å²) in [7, 11) is 0. The Hall–Kier alpha value is -3.86. The fourth-order valence-electron chi connectivity index (χ4n) is 2.96. The van der Waals surface area contributed by atoms with Crippen LogP contribution < -0.4 is 10.1 Å². The van der Waals surface area contributed by atoms with Crippen molar-refractivity contribution in [2.45, 2.75) is 25.5 Å². The summed E-state index contributed by atoms with van der Waals surface area (Å²) in [5.41, 5.74) is 1.17. The second-order valence-electron chi connectivity index (χ2n) is 6.60. The highest BCUT2D eigenvalue weighted by molar-refractivity contribution is 5.86. The van der Waals surface area contributed by atoms with Gasteiger partial charge in [-0.2, -0.15) is 0 Å². The Morgan fingerprint density at radius 1 is 1.17 bits per heavy atom. The highest BCUT2D eigenvalue weighted by Gasteiger charge is 2.19. The lowest BCUT2D eigenvalue weighted by molar-refractivity contribution is -0.384. The van der Waals surface area contributed by atoms with Gasteiger partial charge in [-0.15, -0.1) is 15.0 Å². The number of hydrogen-bond donors (Lipinski definition) is 1. The third-order valence-electron chi connectivity index (χ3n) is 4.49. The van der Waals surface area contributed by atoms with E-state index in [4.69, 9.17) is 9.47 Å². The standard InChI is InChI=1S/C19H18N6O5/c26-19(30-16-10-8-15(9-11-16)25(27)28)20-14-6-4-13(5-7-14)18-21-23-24(22-18)17-3-1-2-12-29-17/h4-11,17H,1-3,12H2,(H,20,26). The van der Waals surface area contributed by atoms with Crippen LogP contribution in [0.15, 0.2) is 48.5 Å². The maximum absolute atomic E-state index is 12.0. The molecule has 1 saturated heterocycles. The van der Waals surface area contributed by atoms with Gasteiger partial charge >= 0.3 is 6.09 Å². The van der Waals surface area contributed by atoms with E-state index in [1.807, 2.05) is 0 Å². The number of nitro benzene ring substituents is 1. The molecule has 1 unspecified atom stereocenters. The van der Waals surface area contributed by atoms with Crippen LogP contribution in [0.25, 0.3) is 11.4 Å². The Balaban J connectivity index is 1.36. The smallest absolute Gasteiger partial charge is 0.410 e. The van der Waals surface area contributed by atoms with E-state index in [0.29, 0.717) is 18.1 Å². The van der Waals surface area contributed by atoms with E-state index in [1.165, 1.54) is 29.1 Å². The van der Waals surface area contributed by atoms with Crippen molar-refractivity contribution in [2.75, 3.05) is 11.9 Å². The maximum atomic E-state index is 12.0. The van der Waals surface area contributed by atoms with E-state index < -0.39 is 11.0 Å². The first-order chi connectivity index (χ1) is 14.6. The number of carbonyl (C=O) groups excluding carboxylic acids is 1. The molecule has 1 atom stereocenters. The molecule has 2 heterocycles.